The zero-order chi connectivity index (χ0) is 25.4. The average Bonchev–Trinajstić information content (AvgIpc) is 2.84. The van der Waals surface area contributed by atoms with Crippen LogP contribution in [0.15, 0.2) is 76.6 Å². The van der Waals surface area contributed by atoms with E-state index in [9.17, 15) is 13.2 Å². The van der Waals surface area contributed by atoms with Crippen molar-refractivity contribution in [2.45, 2.75) is 30.4 Å². The molecule has 0 saturated carbocycles. The summed E-state index contributed by atoms with van der Waals surface area (Å²) in [6, 6.07) is 18.6. The number of nitrogens with zero attached hydrogens (tertiary/aromatic N) is 2. The second-order valence-electron chi connectivity index (χ2n) is 8.24. The highest BCUT2D eigenvalue weighted by Crippen LogP contribution is 2.30. The molecule has 9 nitrogen and oxygen atoms in total. The van der Waals surface area contributed by atoms with Gasteiger partial charge in [-0.1, -0.05) is 54.6 Å². The number of nitrogens with one attached hydrogen (secondary N) is 1. The largest absolute Gasteiger partial charge is 0.460 e. The van der Waals surface area contributed by atoms with E-state index in [2.05, 4.69) is 9.71 Å². The molecule has 0 unspecified atom stereocenters. The number of anilines is 1. The summed E-state index contributed by atoms with van der Waals surface area (Å²) in [4.78, 5) is 18.8. The highest BCUT2D eigenvalue weighted by molar-refractivity contribution is 7.89. The second kappa shape index (κ2) is 11.7. The second-order valence-corrected chi connectivity index (χ2v) is 9.92. The Bertz CT molecular complexity index is 1290. The third kappa shape index (κ3) is 6.93. The summed E-state index contributed by atoms with van der Waals surface area (Å²) in [5.41, 5.74) is 12.4. The molecule has 0 aliphatic heterocycles. The van der Waals surface area contributed by atoms with E-state index in [1.807, 2.05) is 61.5 Å². The van der Waals surface area contributed by atoms with Crippen LogP contribution in [-0.4, -0.2) is 47.0 Å². The van der Waals surface area contributed by atoms with Crippen molar-refractivity contribution >= 4 is 38.4 Å². The molecule has 10 heteroatoms. The SMILES string of the molecule is CN(C)c1cccc2c(S(=O)(=O)N[C@@H](CCCN=C(N)N)C(=O)OCc3ccccc3)cccc12. The number of guanidine groups is 1. The molecule has 0 aromatic heterocycles. The fourth-order valence-corrected chi connectivity index (χ4v) is 5.14. The van der Waals surface area contributed by atoms with Crippen molar-refractivity contribution in [3.63, 3.8) is 0 Å². The summed E-state index contributed by atoms with van der Waals surface area (Å²) in [6.07, 6.45) is 0.545. The Balaban J connectivity index is 1.86. The predicted molar refractivity (Wildman–Crippen MR) is 139 cm³/mol. The maximum absolute atomic E-state index is 13.5. The van der Waals surface area contributed by atoms with E-state index in [1.165, 1.54) is 6.07 Å². The summed E-state index contributed by atoms with van der Waals surface area (Å²) in [5.74, 6) is -0.738. The number of nitrogens with two attached hydrogens (primary N) is 2. The Morgan fingerprint density at radius 1 is 1.00 bits per heavy atom. The van der Waals surface area contributed by atoms with Crippen LogP contribution in [0.25, 0.3) is 10.8 Å². The number of fused-ring (bicyclic) bond motifs is 1. The molecule has 0 aliphatic rings. The van der Waals surface area contributed by atoms with Crippen molar-refractivity contribution in [3.05, 3.63) is 72.3 Å². The van der Waals surface area contributed by atoms with Crippen molar-refractivity contribution in [3.8, 4) is 0 Å². The lowest BCUT2D eigenvalue weighted by Crippen LogP contribution is -2.42. The van der Waals surface area contributed by atoms with Gasteiger partial charge in [-0.2, -0.15) is 4.72 Å². The van der Waals surface area contributed by atoms with E-state index in [0.717, 1.165) is 16.6 Å². The lowest BCUT2D eigenvalue weighted by Gasteiger charge is -2.20. The van der Waals surface area contributed by atoms with Crippen LogP contribution in [0.4, 0.5) is 5.69 Å². The van der Waals surface area contributed by atoms with Crippen LogP contribution in [0, 0.1) is 0 Å². The van der Waals surface area contributed by atoms with Gasteiger partial charge in [-0.25, -0.2) is 8.42 Å². The van der Waals surface area contributed by atoms with Gasteiger partial charge >= 0.3 is 5.97 Å². The first-order chi connectivity index (χ1) is 16.7. The van der Waals surface area contributed by atoms with E-state index in [0.29, 0.717) is 11.8 Å². The topological polar surface area (TPSA) is 140 Å². The molecule has 3 aromatic rings. The van der Waals surface area contributed by atoms with E-state index in [4.69, 9.17) is 16.2 Å². The average molecular weight is 498 g/mol. The molecule has 0 heterocycles. The van der Waals surface area contributed by atoms with E-state index < -0.39 is 22.0 Å². The smallest absolute Gasteiger partial charge is 0.324 e. The van der Waals surface area contributed by atoms with Gasteiger partial charge < -0.3 is 21.1 Å². The molecule has 0 spiro atoms. The highest BCUT2D eigenvalue weighted by atomic mass is 32.2. The fraction of sp³-hybridized carbons (Fsp3) is 0.280. The van der Waals surface area contributed by atoms with Gasteiger partial charge in [-0.05, 0) is 30.5 Å². The van der Waals surface area contributed by atoms with Crippen molar-refractivity contribution in [2.75, 3.05) is 25.5 Å². The summed E-state index contributed by atoms with van der Waals surface area (Å²) >= 11 is 0. The van der Waals surface area contributed by atoms with E-state index in [1.54, 1.807) is 18.2 Å². The molecule has 5 N–H and O–H groups in total. The molecule has 0 fully saturated rings. The Hall–Kier alpha value is -3.63. The molecular formula is C25H31N5O4S. The van der Waals surface area contributed by atoms with Crippen LogP contribution in [-0.2, 0) is 26.2 Å². The normalized spacial score (nSPS) is 12.2. The first kappa shape index (κ1) is 26.0. The van der Waals surface area contributed by atoms with Crippen LogP contribution in [0.5, 0.6) is 0 Å². The van der Waals surface area contributed by atoms with Gasteiger partial charge in [0.1, 0.15) is 12.6 Å². The fourth-order valence-electron chi connectivity index (χ4n) is 3.70. The van der Waals surface area contributed by atoms with Crippen LogP contribution < -0.4 is 21.1 Å². The number of hydrogen-bond acceptors (Lipinski definition) is 6. The molecular weight excluding hydrogens is 466 g/mol. The van der Waals surface area contributed by atoms with Crippen molar-refractivity contribution < 1.29 is 17.9 Å². The minimum atomic E-state index is -4.06. The number of carbonyl (C=O) groups is 1. The highest BCUT2D eigenvalue weighted by Gasteiger charge is 2.28. The number of rotatable bonds is 11. The van der Waals surface area contributed by atoms with Gasteiger partial charge in [0.05, 0.1) is 4.90 Å². The van der Waals surface area contributed by atoms with Gasteiger partial charge in [-0.3, -0.25) is 9.79 Å². The molecule has 1 atom stereocenters. The minimum Gasteiger partial charge on any atom is -0.460 e. The monoisotopic (exact) mass is 497 g/mol. The van der Waals surface area contributed by atoms with Gasteiger partial charge in [0.15, 0.2) is 5.96 Å². The van der Waals surface area contributed by atoms with Gasteiger partial charge in [0.25, 0.3) is 0 Å². The van der Waals surface area contributed by atoms with Gasteiger partial charge in [0.2, 0.25) is 10.0 Å². The molecule has 3 rings (SSSR count). The first-order valence-electron chi connectivity index (χ1n) is 11.2. The molecule has 0 amide bonds. The molecule has 35 heavy (non-hydrogen) atoms. The number of ether oxygens (including phenoxy) is 1. The maximum atomic E-state index is 13.5. The summed E-state index contributed by atoms with van der Waals surface area (Å²) < 4.78 is 34.9. The number of carbonyl (C=O) groups excluding carboxylic acids is 1. The number of aliphatic imine (C=N–C) groups is 1. The Labute approximate surface area is 205 Å². The van der Waals surface area contributed by atoms with E-state index in [-0.39, 0.29) is 30.4 Å². The standard InChI is InChI=1S/C25H31N5O4S/c1-30(2)22-14-6-12-20-19(22)11-7-15-23(20)35(32,33)29-21(13-8-16-28-25(26)27)24(31)34-17-18-9-4-3-5-10-18/h3-7,9-12,14-15,21,29H,8,13,16-17H2,1-2H3,(H4,26,27,28)/t21-/m0/s1. The Morgan fingerprint density at radius 2 is 1.69 bits per heavy atom. The number of benzene rings is 3. The van der Waals surface area contributed by atoms with Crippen molar-refractivity contribution in [2.24, 2.45) is 16.5 Å². The van der Waals surface area contributed by atoms with E-state index >= 15 is 0 Å². The zero-order valence-corrected chi connectivity index (χ0v) is 20.7. The van der Waals surface area contributed by atoms with Crippen LogP contribution in [0.1, 0.15) is 18.4 Å². The first-order valence-corrected chi connectivity index (χ1v) is 12.6. The van der Waals surface area contributed by atoms with Crippen LogP contribution in [0.2, 0.25) is 0 Å². The number of esters is 1. The van der Waals surface area contributed by atoms with Crippen LogP contribution >= 0.6 is 0 Å². The lowest BCUT2D eigenvalue weighted by atomic mass is 10.1. The van der Waals surface area contributed by atoms with Gasteiger partial charge in [-0.15, -0.1) is 0 Å². The summed E-state index contributed by atoms with van der Waals surface area (Å²) in [6.45, 7) is 0.291. The molecule has 186 valence electrons. The third-order valence-electron chi connectivity index (χ3n) is 5.38. The molecule has 0 radical (unpaired) electrons. The predicted octanol–water partition coefficient (Wildman–Crippen LogP) is 2.35. The summed E-state index contributed by atoms with van der Waals surface area (Å²) in [7, 11) is -0.280. The molecule has 3 aromatic carbocycles. The van der Waals surface area contributed by atoms with Crippen molar-refractivity contribution in [1.82, 2.24) is 4.72 Å². The Morgan fingerprint density at radius 3 is 2.37 bits per heavy atom. The number of sulfonamides is 1. The van der Waals surface area contributed by atoms with Gasteiger partial charge in [0, 0.05) is 37.1 Å². The summed E-state index contributed by atoms with van der Waals surface area (Å²) in [5, 5.41) is 1.35. The van der Waals surface area contributed by atoms with Crippen molar-refractivity contribution in [1.29, 1.82) is 0 Å². The zero-order valence-electron chi connectivity index (χ0n) is 19.8. The third-order valence-corrected chi connectivity index (χ3v) is 6.91. The minimum absolute atomic E-state index is 0.0340. The number of hydrogen-bond donors (Lipinski definition) is 3. The Kier molecular flexibility index (Phi) is 8.67. The maximum Gasteiger partial charge on any atom is 0.324 e. The lowest BCUT2D eigenvalue weighted by molar-refractivity contribution is -0.147. The van der Waals surface area contributed by atoms with Crippen LogP contribution in [0.3, 0.4) is 0 Å². The quantitative estimate of drug-likeness (QED) is 0.160. The molecule has 0 aliphatic carbocycles. The molecule has 0 saturated heterocycles. The molecule has 0 bridgehead atoms.